The molecule has 0 saturated heterocycles. The Morgan fingerprint density at radius 3 is 2.29 bits per heavy atom. The minimum absolute atomic E-state index is 0.109. The first-order valence-corrected chi connectivity index (χ1v) is 8.33. The van der Waals surface area contributed by atoms with Crippen LogP contribution in [0.4, 0.5) is 0 Å². The number of allylic oxidation sites excluding steroid dienone is 1. The summed E-state index contributed by atoms with van der Waals surface area (Å²) in [6, 6.07) is 3.65. The first-order chi connectivity index (χ1) is 11.7. The molecule has 0 N–H and O–H groups in total. The molecule has 5 heteroatoms. The zero-order valence-electron chi connectivity index (χ0n) is 14.9. The lowest BCUT2D eigenvalue weighted by atomic mass is 9.86. The number of ether oxygens (including phenoxy) is 4. The monoisotopic (exact) mass is 334 g/mol. The van der Waals surface area contributed by atoms with E-state index in [2.05, 4.69) is 0 Å². The molecule has 5 nitrogen and oxygen atoms in total. The van der Waals surface area contributed by atoms with Gasteiger partial charge in [0.2, 0.25) is 0 Å². The number of hydrogen-bond acceptors (Lipinski definition) is 5. The molecule has 0 aromatic heterocycles. The summed E-state index contributed by atoms with van der Waals surface area (Å²) in [7, 11) is 4.83. The van der Waals surface area contributed by atoms with Crippen molar-refractivity contribution in [3.05, 3.63) is 29.3 Å². The number of methoxy groups -OCH3 is 3. The molecular formula is C19H26O5. The lowest BCUT2D eigenvalue weighted by molar-refractivity contribution is -0.138. The molecular weight excluding hydrogens is 308 g/mol. The molecule has 0 fully saturated rings. The van der Waals surface area contributed by atoms with E-state index in [1.165, 1.54) is 0 Å². The van der Waals surface area contributed by atoms with Crippen molar-refractivity contribution in [1.82, 2.24) is 0 Å². The van der Waals surface area contributed by atoms with E-state index < -0.39 is 0 Å². The fourth-order valence-corrected chi connectivity index (χ4v) is 3.16. The molecule has 2 rings (SSSR count). The first-order valence-electron chi connectivity index (χ1n) is 8.33. The van der Waals surface area contributed by atoms with Crippen molar-refractivity contribution in [2.75, 3.05) is 27.9 Å². The highest BCUT2D eigenvalue weighted by molar-refractivity contribution is 5.90. The van der Waals surface area contributed by atoms with Gasteiger partial charge in [-0.05, 0) is 26.2 Å². The molecule has 24 heavy (non-hydrogen) atoms. The summed E-state index contributed by atoms with van der Waals surface area (Å²) in [6.45, 7) is 2.18. The molecule has 0 spiro atoms. The maximum absolute atomic E-state index is 12.5. The van der Waals surface area contributed by atoms with Gasteiger partial charge in [0.25, 0.3) is 0 Å². The van der Waals surface area contributed by atoms with Gasteiger partial charge < -0.3 is 18.9 Å². The summed E-state index contributed by atoms with van der Waals surface area (Å²) in [6.07, 6.45) is 5.82. The lowest BCUT2D eigenvalue weighted by Crippen LogP contribution is -2.16. The molecule has 0 aliphatic heterocycles. The number of benzene rings is 1. The highest BCUT2D eigenvalue weighted by Crippen LogP contribution is 2.45. The second kappa shape index (κ2) is 8.62. The minimum atomic E-state index is -0.260. The molecule has 1 aromatic rings. The van der Waals surface area contributed by atoms with Crippen molar-refractivity contribution in [1.29, 1.82) is 0 Å². The van der Waals surface area contributed by atoms with Crippen LogP contribution in [0, 0.1) is 0 Å². The van der Waals surface area contributed by atoms with Gasteiger partial charge in [0.15, 0.2) is 0 Å². The van der Waals surface area contributed by atoms with E-state index in [1.807, 2.05) is 25.1 Å². The van der Waals surface area contributed by atoms with Gasteiger partial charge in [0.1, 0.15) is 17.2 Å². The summed E-state index contributed by atoms with van der Waals surface area (Å²) in [4.78, 5) is 12.5. The number of esters is 1. The van der Waals surface area contributed by atoms with Crippen molar-refractivity contribution >= 4 is 5.97 Å². The molecule has 1 atom stereocenters. The molecule has 1 aliphatic rings. The third kappa shape index (κ3) is 3.83. The number of carbonyl (C=O) groups excluding carboxylic acids is 1. The second-order valence-corrected chi connectivity index (χ2v) is 5.66. The van der Waals surface area contributed by atoms with E-state index in [1.54, 1.807) is 21.3 Å². The largest absolute Gasteiger partial charge is 0.496 e. The van der Waals surface area contributed by atoms with Crippen molar-refractivity contribution in [3.63, 3.8) is 0 Å². The standard InChI is InChI=1S/C19H26O5/c1-5-24-19(20)15-10-8-6-7-9-14(15)18-16(22-3)11-13(21-2)12-17(18)23-4/h10-12,14H,5-9H2,1-4H3/t14-/m1/s1. The Morgan fingerprint density at radius 2 is 1.75 bits per heavy atom. The molecule has 0 amide bonds. The van der Waals surface area contributed by atoms with Crippen molar-refractivity contribution in [2.45, 2.75) is 38.5 Å². The highest BCUT2D eigenvalue weighted by Gasteiger charge is 2.30. The summed E-state index contributed by atoms with van der Waals surface area (Å²) in [5.74, 6) is 1.61. The number of carbonyl (C=O) groups is 1. The van der Waals surface area contributed by atoms with Gasteiger partial charge in [-0.2, -0.15) is 0 Å². The Labute approximate surface area is 143 Å². The van der Waals surface area contributed by atoms with Gasteiger partial charge in [-0.15, -0.1) is 0 Å². The Balaban J connectivity index is 2.55. The van der Waals surface area contributed by atoms with Crippen LogP contribution in [0.2, 0.25) is 0 Å². The van der Waals surface area contributed by atoms with Gasteiger partial charge in [-0.1, -0.05) is 12.5 Å². The van der Waals surface area contributed by atoms with Gasteiger partial charge in [0.05, 0.1) is 27.9 Å². The summed E-state index contributed by atoms with van der Waals surface area (Å²) >= 11 is 0. The highest BCUT2D eigenvalue weighted by atomic mass is 16.5. The smallest absolute Gasteiger partial charge is 0.334 e. The molecule has 0 saturated carbocycles. The van der Waals surface area contributed by atoms with E-state index >= 15 is 0 Å². The summed E-state index contributed by atoms with van der Waals surface area (Å²) in [5, 5.41) is 0. The third-order valence-electron chi connectivity index (χ3n) is 4.30. The molecule has 0 radical (unpaired) electrons. The van der Waals surface area contributed by atoms with Crippen LogP contribution in [-0.2, 0) is 9.53 Å². The van der Waals surface area contributed by atoms with E-state index in [0.29, 0.717) is 29.4 Å². The van der Waals surface area contributed by atoms with Crippen LogP contribution in [0.25, 0.3) is 0 Å². The average Bonchev–Trinajstić information content (AvgIpc) is 2.86. The SMILES string of the molecule is CCOC(=O)C1=CCCCC[C@H]1c1c(OC)cc(OC)cc1OC. The Hall–Kier alpha value is -2.17. The van der Waals surface area contributed by atoms with E-state index in [-0.39, 0.29) is 11.9 Å². The molecule has 0 heterocycles. The van der Waals surface area contributed by atoms with Crippen LogP contribution in [0.15, 0.2) is 23.8 Å². The molecule has 132 valence electrons. The topological polar surface area (TPSA) is 54.0 Å². The first kappa shape index (κ1) is 18.2. The van der Waals surface area contributed by atoms with Crippen molar-refractivity contribution in [3.8, 4) is 17.2 Å². The van der Waals surface area contributed by atoms with Gasteiger partial charge in [-0.3, -0.25) is 0 Å². The predicted octanol–water partition coefficient (Wildman–Crippen LogP) is 3.86. The quantitative estimate of drug-likeness (QED) is 0.740. The maximum Gasteiger partial charge on any atom is 0.334 e. The van der Waals surface area contributed by atoms with Crippen LogP contribution < -0.4 is 14.2 Å². The van der Waals surface area contributed by atoms with Crippen LogP contribution in [0.5, 0.6) is 17.2 Å². The summed E-state index contributed by atoms with van der Waals surface area (Å²) in [5.41, 5.74) is 1.57. The van der Waals surface area contributed by atoms with Gasteiger partial charge >= 0.3 is 5.97 Å². The predicted molar refractivity (Wildman–Crippen MR) is 92.0 cm³/mol. The number of hydrogen-bond donors (Lipinski definition) is 0. The Morgan fingerprint density at radius 1 is 1.08 bits per heavy atom. The Bertz CT molecular complexity index is 581. The van der Waals surface area contributed by atoms with Crippen molar-refractivity contribution in [2.24, 2.45) is 0 Å². The minimum Gasteiger partial charge on any atom is -0.496 e. The summed E-state index contributed by atoms with van der Waals surface area (Å²) < 4.78 is 21.7. The number of rotatable bonds is 6. The van der Waals surface area contributed by atoms with E-state index in [0.717, 1.165) is 31.2 Å². The normalized spacial score (nSPS) is 17.5. The van der Waals surface area contributed by atoms with Crippen molar-refractivity contribution < 1.29 is 23.7 Å². The fourth-order valence-electron chi connectivity index (χ4n) is 3.16. The maximum atomic E-state index is 12.5. The molecule has 0 unspecified atom stereocenters. The van der Waals surface area contributed by atoms with Crippen LogP contribution >= 0.6 is 0 Å². The van der Waals surface area contributed by atoms with Gasteiger partial charge in [-0.25, -0.2) is 4.79 Å². The fraction of sp³-hybridized carbons (Fsp3) is 0.526. The van der Waals surface area contributed by atoms with E-state index in [4.69, 9.17) is 18.9 Å². The van der Waals surface area contributed by atoms with E-state index in [9.17, 15) is 4.79 Å². The third-order valence-corrected chi connectivity index (χ3v) is 4.30. The van der Waals surface area contributed by atoms with Crippen LogP contribution in [0.3, 0.4) is 0 Å². The Kier molecular flexibility index (Phi) is 6.53. The molecule has 1 aromatic carbocycles. The second-order valence-electron chi connectivity index (χ2n) is 5.66. The van der Waals surface area contributed by atoms with Gasteiger partial charge in [0, 0.05) is 29.2 Å². The molecule has 1 aliphatic carbocycles. The molecule has 0 bridgehead atoms. The average molecular weight is 334 g/mol. The zero-order valence-corrected chi connectivity index (χ0v) is 14.9. The van der Waals surface area contributed by atoms with Crippen LogP contribution in [-0.4, -0.2) is 33.9 Å². The van der Waals surface area contributed by atoms with Crippen LogP contribution in [0.1, 0.15) is 44.1 Å². The lowest BCUT2D eigenvalue weighted by Gasteiger charge is -2.23. The zero-order chi connectivity index (χ0) is 17.5.